The Morgan fingerprint density at radius 1 is 0.339 bits per heavy atom. The molecule has 0 aliphatic heterocycles. The molecule has 314 valence electrons. The van der Waals surface area contributed by atoms with Crippen LogP contribution in [0.3, 0.4) is 0 Å². The van der Waals surface area contributed by atoms with Crippen LogP contribution in [0.5, 0.6) is 0 Å². The predicted molar refractivity (Wildman–Crippen MR) is 170 cm³/mol. The Balaban J connectivity index is 0.000000244. The van der Waals surface area contributed by atoms with Crippen LogP contribution in [-0.4, -0.2) is 13.4 Å². The first-order valence-corrected chi connectivity index (χ1v) is 21.4. The Morgan fingerprint density at radius 2 is 0.525 bits per heavy atom. The van der Waals surface area contributed by atoms with Crippen LogP contribution in [-0.2, 0) is 20.8 Å². The van der Waals surface area contributed by atoms with Gasteiger partial charge in [0.2, 0.25) is 0 Å². The van der Waals surface area contributed by atoms with Crippen molar-refractivity contribution in [2.24, 2.45) is 0 Å². The molecule has 0 aliphatic rings. The summed E-state index contributed by atoms with van der Waals surface area (Å²) in [6.45, 7) is -5.02. The fraction of sp³-hybridized carbons (Fsp3) is 0. The Kier molecular flexibility index (Phi) is 15.3. The van der Waals surface area contributed by atoms with Gasteiger partial charge in [0.25, 0.3) is 0 Å². The van der Waals surface area contributed by atoms with E-state index in [4.69, 9.17) is 17.0 Å². The number of hydrogen-bond donors (Lipinski definition) is 0. The Labute approximate surface area is 335 Å². The van der Waals surface area contributed by atoms with E-state index in [1.165, 1.54) is 24.3 Å². The maximum absolute atomic E-state index is 14.2. The first kappa shape index (κ1) is 47.5. The van der Waals surface area contributed by atoms with Gasteiger partial charge in [0.15, 0.2) is 123 Å². The van der Waals surface area contributed by atoms with Gasteiger partial charge in [0, 0.05) is 6.71 Å². The second-order valence-corrected chi connectivity index (χ2v) is 15.0. The van der Waals surface area contributed by atoms with E-state index in [2.05, 4.69) is 0 Å². The second kappa shape index (κ2) is 19.0. The van der Waals surface area contributed by atoms with Gasteiger partial charge in [-0.15, -0.1) is 0 Å². The van der Waals surface area contributed by atoms with Gasteiger partial charge in [0.1, 0.15) is 0 Å². The normalized spacial score (nSPS) is 10.9. The molecule has 6 aromatic carbocycles. The molecule has 0 nitrogen and oxygen atoms in total. The van der Waals surface area contributed by atoms with Gasteiger partial charge in [-0.25, -0.2) is 99.9 Å². The molecule has 0 saturated heterocycles. The van der Waals surface area contributed by atoms with E-state index in [-0.39, 0.29) is 0 Å². The molecule has 0 atom stereocenters. The molecule has 0 spiro atoms. The van der Waals surface area contributed by atoms with Crippen molar-refractivity contribution in [1.29, 1.82) is 0 Å². The average Bonchev–Trinajstić information content (AvgIpc) is 3.96. The Morgan fingerprint density at radius 3 is 0.746 bits per heavy atom. The van der Waals surface area contributed by atoms with E-state index in [1.807, 2.05) is 0 Å². The van der Waals surface area contributed by atoms with E-state index in [1.54, 1.807) is 0 Å². The summed E-state index contributed by atoms with van der Waals surface area (Å²) >= 11 is -0.826. The summed E-state index contributed by atoms with van der Waals surface area (Å²) in [6, 6.07) is 8.50. The summed E-state index contributed by atoms with van der Waals surface area (Å²) in [4.78, 5) is 0. The van der Waals surface area contributed by atoms with Gasteiger partial charge >= 0.3 is 37.9 Å². The molecule has 0 fully saturated rings. The average molecular weight is 980 g/mol. The van der Waals surface area contributed by atoms with Gasteiger partial charge in [-0.2, -0.15) is 17.6 Å². The molecule has 0 heterocycles. The minimum atomic E-state index is -2.54. The van der Waals surface area contributed by atoms with E-state index < -0.39 is 183 Å². The molecule has 0 saturated carbocycles. The first-order valence-electron chi connectivity index (χ1n) is 15.0. The van der Waals surface area contributed by atoms with Crippen molar-refractivity contribution in [3.05, 3.63) is 165 Å². The van der Waals surface area contributed by atoms with Crippen LogP contribution >= 0.6 is 17.0 Å². The van der Waals surface area contributed by atoms with Gasteiger partial charge < -0.3 is 29.7 Å². The van der Waals surface area contributed by atoms with Crippen LogP contribution in [0.4, 0.5) is 87.8 Å². The standard InChI is InChI=1S/2C17H4BF10.2ClH.Zr/c2*19-8-6(9(20)13(24)16(27)12(8)23)18(5-3-1-2-4-5)7-10(21)14(25)17(28)15(26)11(7)22;;;/h2*1-4H;2*1H;/q-5;-1;;;+2/p-2. The zero-order valence-corrected chi connectivity index (χ0v) is 31.6. The van der Waals surface area contributed by atoms with Gasteiger partial charge in [-0.05, 0) is 21.9 Å². The molecule has 0 aliphatic carbocycles. The fourth-order valence-electron chi connectivity index (χ4n) is 5.62. The van der Waals surface area contributed by atoms with E-state index in [0.717, 1.165) is 24.3 Å². The zero-order chi connectivity index (χ0) is 44.5. The fourth-order valence-corrected chi connectivity index (χ4v) is 5.62. The monoisotopic (exact) mass is 978 g/mol. The summed E-state index contributed by atoms with van der Waals surface area (Å²) in [6.07, 6.45) is 0. The summed E-state index contributed by atoms with van der Waals surface area (Å²) in [5, 5.41) is 0. The van der Waals surface area contributed by atoms with Gasteiger partial charge in [0.05, 0.1) is 0 Å². The molecule has 59 heavy (non-hydrogen) atoms. The van der Waals surface area contributed by atoms with Crippen LogP contribution in [0, 0.1) is 116 Å². The molecule has 0 radical (unpaired) electrons. The number of benzene rings is 4. The van der Waals surface area contributed by atoms with Crippen molar-refractivity contribution in [3.8, 4) is 0 Å². The third-order valence-corrected chi connectivity index (χ3v) is 8.17. The number of rotatable bonds is 6. The minimum absolute atomic E-state index is 0.466. The summed E-state index contributed by atoms with van der Waals surface area (Å²) in [5.74, 6) is -49.4. The van der Waals surface area contributed by atoms with Crippen LogP contribution in [0.1, 0.15) is 0 Å². The van der Waals surface area contributed by atoms with Gasteiger partial charge in [-0.3, -0.25) is 0 Å². The number of halogens is 22. The first-order chi connectivity index (χ1) is 27.6. The van der Waals surface area contributed by atoms with Gasteiger partial charge in [-0.1, -0.05) is 0 Å². The molecule has 25 heteroatoms. The molecule has 0 N–H and O–H groups in total. The molecular weight excluding hydrogens is 972 g/mol. The van der Waals surface area contributed by atoms with Crippen LogP contribution in [0.15, 0.2) is 48.5 Å². The molecule has 6 rings (SSSR count). The molecule has 0 bridgehead atoms. The second-order valence-electron chi connectivity index (χ2n) is 11.3. The topological polar surface area (TPSA) is 0 Å². The van der Waals surface area contributed by atoms with Crippen molar-refractivity contribution < 1.29 is 109 Å². The SMILES string of the molecule is Fc1c(F)c(F)c(B(c2c(F)c(F)c(F)c(F)c2F)[c-]2[cH-][cH-][cH-][cH-]2)c(F)c1F.Fc1c(F)c(F)c(B(c2c(F)c(F)c(F)c(F)c2F)[c-]2cccc2)c(F)c1F.[Cl][Zr][Cl]. The molecular formula is C34H8B2Cl2F20Zr-6. The maximum atomic E-state index is 14.2. The molecule has 0 aromatic heterocycles. The van der Waals surface area contributed by atoms with E-state index >= 15 is 0 Å². The molecule has 0 unspecified atom stereocenters. The zero-order valence-electron chi connectivity index (χ0n) is 27.6. The summed E-state index contributed by atoms with van der Waals surface area (Å²) in [7, 11) is 9.87. The van der Waals surface area contributed by atoms with Crippen molar-refractivity contribution in [1.82, 2.24) is 0 Å². The third kappa shape index (κ3) is 8.56. The van der Waals surface area contributed by atoms with E-state index in [0.29, 0.717) is 0 Å². The summed E-state index contributed by atoms with van der Waals surface area (Å²) in [5.41, 5.74) is -7.97. The van der Waals surface area contributed by atoms with Crippen LogP contribution in [0.25, 0.3) is 0 Å². The molecule has 6 aromatic rings. The van der Waals surface area contributed by atoms with Crippen LogP contribution < -0.4 is 32.8 Å². The third-order valence-electron chi connectivity index (χ3n) is 8.17. The number of hydrogen-bond acceptors (Lipinski definition) is 0. The Hall–Kier alpha value is -4.23. The van der Waals surface area contributed by atoms with Crippen LogP contribution in [0.2, 0.25) is 0 Å². The predicted octanol–water partition coefficient (Wildman–Crippen LogP) is 8.00. The Bertz CT molecular complexity index is 2100. The quantitative estimate of drug-likeness (QED) is 0.0523. The van der Waals surface area contributed by atoms with Crippen molar-refractivity contribution in [3.63, 3.8) is 0 Å². The van der Waals surface area contributed by atoms with Crippen molar-refractivity contribution in [2.75, 3.05) is 0 Å². The van der Waals surface area contributed by atoms with Crippen molar-refractivity contribution >= 4 is 63.2 Å². The van der Waals surface area contributed by atoms with E-state index in [9.17, 15) is 87.8 Å². The summed E-state index contributed by atoms with van der Waals surface area (Å²) < 4.78 is 276. The molecule has 0 amide bonds. The van der Waals surface area contributed by atoms with Crippen molar-refractivity contribution in [2.45, 2.75) is 0 Å².